The lowest BCUT2D eigenvalue weighted by Crippen LogP contribution is -2.40. The Bertz CT molecular complexity index is 855. The zero-order chi connectivity index (χ0) is 19.2. The van der Waals surface area contributed by atoms with Gasteiger partial charge < -0.3 is 5.32 Å². The fraction of sp³-hybridized carbons (Fsp3) is 0.278. The maximum absolute atomic E-state index is 13.0. The highest BCUT2D eigenvalue weighted by Gasteiger charge is 2.26. The lowest BCUT2D eigenvalue weighted by Gasteiger charge is -2.22. The Morgan fingerprint density at radius 1 is 1.08 bits per heavy atom. The average molecular weight is 415 g/mol. The van der Waals surface area contributed by atoms with E-state index in [1.54, 1.807) is 24.3 Å². The molecule has 0 saturated carbocycles. The van der Waals surface area contributed by atoms with E-state index < -0.39 is 10.0 Å². The zero-order valence-corrected chi connectivity index (χ0v) is 16.6. The molecule has 0 aliphatic heterocycles. The fourth-order valence-corrected chi connectivity index (χ4v) is 4.02. The molecule has 26 heavy (non-hydrogen) atoms. The van der Waals surface area contributed by atoms with E-state index in [-0.39, 0.29) is 23.9 Å². The van der Waals surface area contributed by atoms with E-state index in [9.17, 15) is 13.2 Å². The summed E-state index contributed by atoms with van der Waals surface area (Å²) in [5.41, 5.74) is 0.693. The summed E-state index contributed by atoms with van der Waals surface area (Å²) in [4.78, 5) is 12.2. The molecule has 1 N–H and O–H groups in total. The summed E-state index contributed by atoms with van der Waals surface area (Å²) in [5.74, 6) is -0.355. The molecule has 2 aromatic carbocycles. The van der Waals surface area contributed by atoms with Crippen molar-refractivity contribution < 1.29 is 13.2 Å². The second kappa shape index (κ2) is 9.37. The number of carbonyl (C=O) groups is 1. The quantitative estimate of drug-likeness (QED) is 0.715. The van der Waals surface area contributed by atoms with Crippen LogP contribution in [0.1, 0.15) is 18.9 Å². The molecule has 0 spiro atoms. The second-order valence-corrected chi connectivity index (χ2v) is 8.52. The standard InChI is InChI=1S/C18H20Cl2N2O3S/c1-2-10-21-18(23)13-22(12-14-4-3-5-16(20)11-14)26(24,25)17-8-6-15(19)7-9-17/h3-9,11H,2,10,12-13H2,1H3,(H,21,23). The number of halogens is 2. The largest absolute Gasteiger partial charge is 0.355 e. The highest BCUT2D eigenvalue weighted by Crippen LogP contribution is 2.21. The third kappa shape index (κ3) is 5.71. The number of nitrogens with zero attached hydrogens (tertiary/aromatic N) is 1. The van der Waals surface area contributed by atoms with Crippen molar-refractivity contribution in [3.8, 4) is 0 Å². The summed E-state index contributed by atoms with van der Waals surface area (Å²) in [6.07, 6.45) is 0.768. The smallest absolute Gasteiger partial charge is 0.243 e. The molecular formula is C18H20Cl2N2O3S. The number of nitrogens with one attached hydrogen (secondary N) is 1. The van der Waals surface area contributed by atoms with E-state index in [2.05, 4.69) is 5.32 Å². The summed E-state index contributed by atoms with van der Waals surface area (Å²) < 4.78 is 27.2. The van der Waals surface area contributed by atoms with Crippen LogP contribution in [0.4, 0.5) is 0 Å². The van der Waals surface area contributed by atoms with Crippen LogP contribution < -0.4 is 5.32 Å². The van der Waals surface area contributed by atoms with Crippen LogP contribution in [-0.2, 0) is 21.4 Å². The van der Waals surface area contributed by atoms with Gasteiger partial charge in [0.15, 0.2) is 0 Å². The van der Waals surface area contributed by atoms with Crippen LogP contribution in [-0.4, -0.2) is 31.7 Å². The Morgan fingerprint density at radius 3 is 2.38 bits per heavy atom. The van der Waals surface area contributed by atoms with Crippen molar-refractivity contribution >= 4 is 39.1 Å². The normalized spacial score (nSPS) is 11.5. The molecular weight excluding hydrogens is 395 g/mol. The van der Waals surface area contributed by atoms with Crippen molar-refractivity contribution in [2.45, 2.75) is 24.8 Å². The van der Waals surface area contributed by atoms with Crippen LogP contribution in [0.5, 0.6) is 0 Å². The Morgan fingerprint density at radius 2 is 1.77 bits per heavy atom. The molecule has 0 aliphatic carbocycles. The van der Waals surface area contributed by atoms with Crippen molar-refractivity contribution in [2.24, 2.45) is 0 Å². The molecule has 0 radical (unpaired) electrons. The second-order valence-electron chi connectivity index (χ2n) is 5.71. The van der Waals surface area contributed by atoms with E-state index in [1.165, 1.54) is 24.3 Å². The molecule has 140 valence electrons. The van der Waals surface area contributed by atoms with Gasteiger partial charge in [0.05, 0.1) is 11.4 Å². The molecule has 8 heteroatoms. The van der Waals surface area contributed by atoms with Crippen LogP contribution in [0.2, 0.25) is 10.0 Å². The van der Waals surface area contributed by atoms with Crippen LogP contribution >= 0.6 is 23.2 Å². The lowest BCUT2D eigenvalue weighted by atomic mass is 10.2. The van der Waals surface area contributed by atoms with Gasteiger partial charge >= 0.3 is 0 Å². The van der Waals surface area contributed by atoms with Gasteiger partial charge in [0.25, 0.3) is 0 Å². The number of rotatable bonds is 8. The van der Waals surface area contributed by atoms with Crippen molar-refractivity contribution in [1.29, 1.82) is 0 Å². The molecule has 0 heterocycles. The fourth-order valence-electron chi connectivity index (χ4n) is 2.30. The van der Waals surface area contributed by atoms with Crippen LogP contribution in [0.15, 0.2) is 53.4 Å². The third-order valence-corrected chi connectivity index (χ3v) is 5.88. The molecule has 0 fully saturated rings. The topological polar surface area (TPSA) is 66.5 Å². The van der Waals surface area contributed by atoms with Gasteiger partial charge in [-0.15, -0.1) is 0 Å². The van der Waals surface area contributed by atoms with Gasteiger partial charge in [0, 0.05) is 23.1 Å². The summed E-state index contributed by atoms with van der Waals surface area (Å²) in [6, 6.07) is 12.7. The third-order valence-electron chi connectivity index (χ3n) is 3.59. The lowest BCUT2D eigenvalue weighted by molar-refractivity contribution is -0.121. The first-order valence-corrected chi connectivity index (χ1v) is 10.3. The minimum Gasteiger partial charge on any atom is -0.355 e. The number of benzene rings is 2. The average Bonchev–Trinajstić information content (AvgIpc) is 2.60. The summed E-state index contributed by atoms with van der Waals surface area (Å²) in [6.45, 7) is 2.17. The molecule has 0 aromatic heterocycles. The monoisotopic (exact) mass is 414 g/mol. The molecule has 0 saturated heterocycles. The Labute approximate surface area is 164 Å². The molecule has 0 atom stereocenters. The summed E-state index contributed by atoms with van der Waals surface area (Å²) >= 11 is 11.8. The Kier molecular flexibility index (Phi) is 7.46. The van der Waals surface area contributed by atoms with Crippen LogP contribution in [0.25, 0.3) is 0 Å². The van der Waals surface area contributed by atoms with E-state index in [4.69, 9.17) is 23.2 Å². The molecule has 0 aliphatic rings. The van der Waals surface area contributed by atoms with Gasteiger partial charge in [-0.25, -0.2) is 8.42 Å². The first-order chi connectivity index (χ1) is 12.3. The maximum Gasteiger partial charge on any atom is 0.243 e. The van der Waals surface area contributed by atoms with Crippen molar-refractivity contribution in [1.82, 2.24) is 9.62 Å². The van der Waals surface area contributed by atoms with Gasteiger partial charge in [-0.05, 0) is 48.4 Å². The molecule has 0 unspecified atom stereocenters. The van der Waals surface area contributed by atoms with Crippen molar-refractivity contribution in [3.63, 3.8) is 0 Å². The highest BCUT2D eigenvalue weighted by molar-refractivity contribution is 7.89. The van der Waals surface area contributed by atoms with E-state index in [0.29, 0.717) is 22.2 Å². The predicted molar refractivity (Wildman–Crippen MR) is 104 cm³/mol. The van der Waals surface area contributed by atoms with Crippen LogP contribution in [0.3, 0.4) is 0 Å². The van der Waals surface area contributed by atoms with Gasteiger partial charge in [0.1, 0.15) is 0 Å². The first kappa shape index (κ1) is 20.7. The Hall–Kier alpha value is -1.60. The van der Waals surface area contributed by atoms with Crippen molar-refractivity contribution in [3.05, 3.63) is 64.1 Å². The molecule has 5 nitrogen and oxygen atoms in total. The maximum atomic E-state index is 13.0. The van der Waals surface area contributed by atoms with E-state index in [1.807, 2.05) is 6.92 Å². The highest BCUT2D eigenvalue weighted by atomic mass is 35.5. The minimum atomic E-state index is -3.88. The van der Waals surface area contributed by atoms with Gasteiger partial charge in [-0.3, -0.25) is 4.79 Å². The molecule has 2 aromatic rings. The van der Waals surface area contributed by atoms with E-state index in [0.717, 1.165) is 10.7 Å². The Balaban J connectivity index is 2.32. The number of amides is 1. The molecule has 0 bridgehead atoms. The predicted octanol–water partition coefficient (Wildman–Crippen LogP) is 3.71. The molecule has 2 rings (SSSR count). The van der Waals surface area contributed by atoms with Crippen molar-refractivity contribution in [2.75, 3.05) is 13.1 Å². The van der Waals surface area contributed by atoms with Crippen LogP contribution in [0, 0.1) is 0 Å². The first-order valence-electron chi connectivity index (χ1n) is 8.10. The van der Waals surface area contributed by atoms with Gasteiger partial charge in [-0.1, -0.05) is 42.3 Å². The number of hydrogen-bond donors (Lipinski definition) is 1. The summed E-state index contributed by atoms with van der Waals surface area (Å²) in [5, 5.41) is 3.64. The zero-order valence-electron chi connectivity index (χ0n) is 14.3. The number of carbonyl (C=O) groups excluding carboxylic acids is 1. The minimum absolute atomic E-state index is 0.0328. The van der Waals surface area contributed by atoms with Gasteiger partial charge in [-0.2, -0.15) is 4.31 Å². The van der Waals surface area contributed by atoms with E-state index >= 15 is 0 Å². The number of sulfonamides is 1. The number of hydrogen-bond acceptors (Lipinski definition) is 3. The molecule has 1 amide bonds. The van der Waals surface area contributed by atoms with Gasteiger partial charge in [0.2, 0.25) is 15.9 Å². The SMILES string of the molecule is CCCNC(=O)CN(Cc1cccc(Cl)c1)S(=O)(=O)c1ccc(Cl)cc1. The summed E-state index contributed by atoms with van der Waals surface area (Å²) in [7, 11) is -3.88.